The van der Waals surface area contributed by atoms with Gasteiger partial charge in [0.1, 0.15) is 5.82 Å². The molecule has 2 aromatic heterocycles. The molecule has 5 rings (SSSR count). The molecule has 1 amide bonds. The molecule has 1 fully saturated rings. The Hall–Kier alpha value is -3.67. The first-order valence-corrected chi connectivity index (χ1v) is 13.8. The van der Waals surface area contributed by atoms with Crippen LogP contribution in [0.2, 0.25) is 0 Å². The fourth-order valence-corrected chi connectivity index (χ4v) is 6.19. The summed E-state index contributed by atoms with van der Waals surface area (Å²) in [6, 6.07) is 12.9. The number of nitrogens with zero attached hydrogens (tertiary/aromatic N) is 5. The summed E-state index contributed by atoms with van der Waals surface area (Å²) in [5.74, 6) is -0.680. The van der Waals surface area contributed by atoms with Gasteiger partial charge in [-0.25, -0.2) is 17.5 Å². The third-order valence-electron chi connectivity index (χ3n) is 6.98. The molecule has 0 bridgehead atoms. The summed E-state index contributed by atoms with van der Waals surface area (Å²) in [4.78, 5) is 19.6. The van der Waals surface area contributed by atoms with Crippen LogP contribution in [0.1, 0.15) is 28.8 Å². The van der Waals surface area contributed by atoms with Crippen molar-refractivity contribution in [3.05, 3.63) is 84.1 Å². The summed E-state index contributed by atoms with van der Waals surface area (Å²) in [7, 11) is 0.476. The van der Waals surface area contributed by atoms with Crippen molar-refractivity contribution in [2.75, 3.05) is 27.2 Å². The van der Waals surface area contributed by atoms with E-state index in [0.29, 0.717) is 41.3 Å². The van der Waals surface area contributed by atoms with Crippen molar-refractivity contribution in [2.24, 2.45) is 0 Å². The van der Waals surface area contributed by atoms with Crippen molar-refractivity contribution >= 4 is 26.8 Å². The first-order valence-electron chi connectivity index (χ1n) is 12.4. The lowest BCUT2D eigenvalue weighted by Crippen LogP contribution is -2.44. The monoisotopic (exact) mass is 536 g/mol. The largest absolute Gasteiger partial charge is 0.348 e. The fourth-order valence-electron chi connectivity index (χ4n) is 4.72. The molecule has 11 heteroatoms. The zero-order valence-corrected chi connectivity index (χ0v) is 22.0. The van der Waals surface area contributed by atoms with Crippen LogP contribution in [0.3, 0.4) is 0 Å². The van der Waals surface area contributed by atoms with Crippen LogP contribution in [0.4, 0.5) is 4.39 Å². The number of sulfonamides is 1. The molecule has 38 heavy (non-hydrogen) atoms. The molecule has 198 valence electrons. The van der Waals surface area contributed by atoms with Gasteiger partial charge in [0.25, 0.3) is 5.91 Å². The van der Waals surface area contributed by atoms with Gasteiger partial charge in [0, 0.05) is 37.3 Å². The number of amides is 1. The third-order valence-corrected chi connectivity index (χ3v) is 8.89. The van der Waals surface area contributed by atoms with Crippen molar-refractivity contribution in [3.63, 3.8) is 0 Å². The van der Waals surface area contributed by atoms with Crippen LogP contribution in [-0.4, -0.2) is 71.5 Å². The van der Waals surface area contributed by atoms with Gasteiger partial charge in [0.05, 0.1) is 34.1 Å². The van der Waals surface area contributed by atoms with Gasteiger partial charge in [-0.2, -0.15) is 9.40 Å². The number of hydrogen-bond acceptors (Lipinski definition) is 6. The van der Waals surface area contributed by atoms with Crippen LogP contribution >= 0.6 is 0 Å². The molecular formula is C27H29FN6O3S. The number of fused-ring (bicyclic) bond motifs is 1. The zero-order valence-electron chi connectivity index (χ0n) is 21.2. The Morgan fingerprint density at radius 2 is 1.71 bits per heavy atom. The van der Waals surface area contributed by atoms with Crippen molar-refractivity contribution in [1.29, 1.82) is 0 Å². The minimum atomic E-state index is -3.56. The number of hydrogen-bond donors (Lipinski definition) is 1. The number of nitrogens with one attached hydrogen (secondary N) is 1. The van der Waals surface area contributed by atoms with Crippen LogP contribution < -0.4 is 5.32 Å². The molecule has 0 atom stereocenters. The number of halogens is 1. The molecule has 0 unspecified atom stereocenters. The number of carbonyl (C=O) groups is 1. The van der Waals surface area contributed by atoms with E-state index in [4.69, 9.17) is 0 Å². The highest BCUT2D eigenvalue weighted by molar-refractivity contribution is 7.89. The summed E-state index contributed by atoms with van der Waals surface area (Å²) >= 11 is 0. The second kappa shape index (κ2) is 10.6. The fraction of sp³-hybridized carbons (Fsp3) is 0.296. The maximum absolute atomic E-state index is 13.3. The number of aromatic nitrogens is 3. The Labute approximate surface area is 220 Å². The number of piperidine rings is 1. The zero-order chi connectivity index (χ0) is 26.9. The summed E-state index contributed by atoms with van der Waals surface area (Å²) in [5.41, 5.74) is 2.40. The molecular weight excluding hydrogens is 507 g/mol. The number of carbonyl (C=O) groups excluding carboxylic acids is 1. The molecule has 1 aliphatic rings. The molecule has 0 aliphatic carbocycles. The molecule has 1 saturated heterocycles. The summed E-state index contributed by atoms with van der Waals surface area (Å²) in [6.07, 6.45) is 6.27. The van der Waals surface area contributed by atoms with Crippen molar-refractivity contribution in [3.8, 4) is 5.69 Å². The number of benzene rings is 2. The van der Waals surface area contributed by atoms with Crippen LogP contribution in [0.15, 0.2) is 72.0 Å². The van der Waals surface area contributed by atoms with Gasteiger partial charge in [0.2, 0.25) is 10.0 Å². The number of rotatable bonds is 7. The van der Waals surface area contributed by atoms with E-state index in [9.17, 15) is 17.6 Å². The van der Waals surface area contributed by atoms with E-state index >= 15 is 0 Å². The van der Waals surface area contributed by atoms with Gasteiger partial charge in [-0.05, 0) is 68.9 Å². The van der Waals surface area contributed by atoms with Gasteiger partial charge in [0.15, 0.2) is 0 Å². The standard InChI is InChI=1S/C27H29FN6O3S/c1-32(2)21-11-13-33(14-12-21)38(36,37)23-9-3-19(4-10-23)15-30-27(35)25-16-29-18-26-24(25)17-31-34(26)22-7-5-20(28)6-8-22/h3-10,16-18,21H,11-15H2,1-2H3,(H,30,35). The molecule has 1 N–H and O–H groups in total. The SMILES string of the molecule is CN(C)C1CCN(S(=O)(=O)c2ccc(CNC(=O)c3cncc4c3cnn4-c3ccc(F)cc3)cc2)CC1. The van der Waals surface area contributed by atoms with E-state index in [1.54, 1.807) is 57.8 Å². The summed E-state index contributed by atoms with van der Waals surface area (Å²) < 4.78 is 42.6. The topological polar surface area (TPSA) is 100 Å². The molecule has 0 radical (unpaired) electrons. The van der Waals surface area contributed by atoms with E-state index < -0.39 is 10.0 Å². The summed E-state index contributed by atoms with van der Waals surface area (Å²) in [6.45, 7) is 1.22. The third kappa shape index (κ3) is 5.17. The van der Waals surface area contributed by atoms with E-state index in [1.165, 1.54) is 18.3 Å². The van der Waals surface area contributed by atoms with Gasteiger partial charge in [-0.1, -0.05) is 12.1 Å². The van der Waals surface area contributed by atoms with Crippen LogP contribution in [0, 0.1) is 5.82 Å². The van der Waals surface area contributed by atoms with Gasteiger partial charge in [-0.15, -0.1) is 0 Å². The lowest BCUT2D eigenvalue weighted by atomic mass is 10.1. The van der Waals surface area contributed by atoms with E-state index in [2.05, 4.69) is 20.3 Å². The molecule has 0 saturated carbocycles. The predicted molar refractivity (Wildman–Crippen MR) is 142 cm³/mol. The average Bonchev–Trinajstić information content (AvgIpc) is 3.37. The summed E-state index contributed by atoms with van der Waals surface area (Å²) in [5, 5.41) is 7.83. The minimum Gasteiger partial charge on any atom is -0.348 e. The highest BCUT2D eigenvalue weighted by Crippen LogP contribution is 2.23. The Morgan fingerprint density at radius 1 is 1.03 bits per heavy atom. The quantitative estimate of drug-likeness (QED) is 0.389. The van der Waals surface area contributed by atoms with Crippen LogP contribution in [0.25, 0.3) is 16.6 Å². The maximum Gasteiger partial charge on any atom is 0.253 e. The second-order valence-electron chi connectivity index (χ2n) is 9.58. The second-order valence-corrected chi connectivity index (χ2v) is 11.5. The maximum atomic E-state index is 13.3. The van der Waals surface area contributed by atoms with Gasteiger partial charge < -0.3 is 10.2 Å². The Bertz CT molecular complexity index is 1540. The normalized spacial score (nSPS) is 15.3. The van der Waals surface area contributed by atoms with Crippen molar-refractivity contribution in [1.82, 2.24) is 29.3 Å². The predicted octanol–water partition coefficient (Wildman–Crippen LogP) is 3.20. The highest BCUT2D eigenvalue weighted by atomic mass is 32.2. The lowest BCUT2D eigenvalue weighted by molar-refractivity contribution is 0.0952. The smallest absolute Gasteiger partial charge is 0.253 e. The first-order chi connectivity index (χ1) is 18.2. The van der Waals surface area contributed by atoms with Crippen LogP contribution in [-0.2, 0) is 16.6 Å². The Balaban J connectivity index is 1.25. The van der Waals surface area contributed by atoms with Crippen molar-refractivity contribution < 1.29 is 17.6 Å². The Morgan fingerprint density at radius 3 is 2.37 bits per heavy atom. The lowest BCUT2D eigenvalue weighted by Gasteiger charge is -2.34. The van der Waals surface area contributed by atoms with E-state index in [1.807, 2.05) is 14.1 Å². The molecule has 2 aromatic carbocycles. The number of pyridine rings is 1. The molecule has 0 spiro atoms. The average molecular weight is 537 g/mol. The molecule has 1 aliphatic heterocycles. The highest BCUT2D eigenvalue weighted by Gasteiger charge is 2.30. The molecule has 9 nitrogen and oxygen atoms in total. The first kappa shape index (κ1) is 26.0. The van der Waals surface area contributed by atoms with E-state index in [-0.39, 0.29) is 23.2 Å². The Kier molecular flexibility index (Phi) is 7.24. The molecule has 3 heterocycles. The minimum absolute atomic E-state index is 0.218. The van der Waals surface area contributed by atoms with Gasteiger partial charge >= 0.3 is 0 Å². The van der Waals surface area contributed by atoms with Crippen molar-refractivity contribution in [2.45, 2.75) is 30.3 Å². The van der Waals surface area contributed by atoms with E-state index in [0.717, 1.165) is 18.4 Å². The molecule has 4 aromatic rings. The van der Waals surface area contributed by atoms with Gasteiger partial charge in [-0.3, -0.25) is 9.78 Å². The van der Waals surface area contributed by atoms with Crippen LogP contribution in [0.5, 0.6) is 0 Å².